The Morgan fingerprint density at radius 3 is 2.71 bits per heavy atom. The molecule has 0 rings (SSSR count). The SMILES string of the molecule is COCC=NOC(=O)N(C)C(=O)CCl. The second-order valence-electron chi connectivity index (χ2n) is 2.19. The smallest absolute Gasteiger partial charge is 0.379 e. The first-order valence-corrected chi connectivity index (χ1v) is 4.21. The lowest BCUT2D eigenvalue weighted by molar-refractivity contribution is -0.125. The summed E-state index contributed by atoms with van der Waals surface area (Å²) in [4.78, 5) is 26.9. The fourth-order valence-corrected chi connectivity index (χ4v) is 0.619. The molecular formula is C7H11ClN2O4. The monoisotopic (exact) mass is 222 g/mol. The summed E-state index contributed by atoms with van der Waals surface area (Å²) in [5.74, 6) is -0.841. The molecule has 0 unspecified atom stereocenters. The van der Waals surface area contributed by atoms with Crippen LogP contribution in [0.2, 0.25) is 0 Å². The van der Waals surface area contributed by atoms with Crippen LogP contribution in [0.1, 0.15) is 0 Å². The highest BCUT2D eigenvalue weighted by molar-refractivity contribution is 6.28. The van der Waals surface area contributed by atoms with Gasteiger partial charge in [0.2, 0.25) is 5.91 Å². The van der Waals surface area contributed by atoms with Crippen LogP contribution in [0.15, 0.2) is 5.16 Å². The van der Waals surface area contributed by atoms with Crippen molar-refractivity contribution in [2.75, 3.05) is 26.6 Å². The Hall–Kier alpha value is -1.14. The van der Waals surface area contributed by atoms with Crippen molar-refractivity contribution in [3.05, 3.63) is 0 Å². The molecule has 0 N–H and O–H groups in total. The number of nitrogens with zero attached hydrogens (tertiary/aromatic N) is 2. The lowest BCUT2D eigenvalue weighted by Gasteiger charge is -2.09. The summed E-state index contributed by atoms with van der Waals surface area (Å²) in [6.45, 7) is 0.223. The summed E-state index contributed by atoms with van der Waals surface area (Å²) < 4.78 is 4.61. The Labute approximate surface area is 86.4 Å². The number of methoxy groups -OCH3 is 1. The number of ether oxygens (including phenoxy) is 1. The Morgan fingerprint density at radius 2 is 2.21 bits per heavy atom. The highest BCUT2D eigenvalue weighted by atomic mass is 35.5. The molecule has 0 saturated heterocycles. The van der Waals surface area contributed by atoms with E-state index in [0.717, 1.165) is 4.90 Å². The van der Waals surface area contributed by atoms with Crippen molar-refractivity contribution in [3.63, 3.8) is 0 Å². The Morgan fingerprint density at radius 1 is 1.57 bits per heavy atom. The molecule has 0 aliphatic rings. The third kappa shape index (κ3) is 4.78. The lowest BCUT2D eigenvalue weighted by atomic mass is 10.6. The van der Waals surface area contributed by atoms with E-state index in [9.17, 15) is 9.59 Å². The van der Waals surface area contributed by atoms with Gasteiger partial charge in [0.05, 0.1) is 12.8 Å². The van der Waals surface area contributed by atoms with Gasteiger partial charge in [-0.25, -0.2) is 9.69 Å². The predicted octanol–water partition coefficient (Wildman–Crippen LogP) is 0.452. The fourth-order valence-electron chi connectivity index (χ4n) is 0.440. The van der Waals surface area contributed by atoms with Crippen LogP contribution in [0.4, 0.5) is 4.79 Å². The van der Waals surface area contributed by atoms with Crippen LogP contribution in [0.25, 0.3) is 0 Å². The van der Waals surface area contributed by atoms with Crippen LogP contribution in [0.3, 0.4) is 0 Å². The number of alkyl halides is 1. The van der Waals surface area contributed by atoms with Crippen LogP contribution in [0, 0.1) is 0 Å². The molecule has 14 heavy (non-hydrogen) atoms. The minimum atomic E-state index is -0.886. The van der Waals surface area contributed by atoms with E-state index in [1.807, 2.05) is 0 Å². The number of hydrogen-bond acceptors (Lipinski definition) is 5. The summed E-state index contributed by atoms with van der Waals surface area (Å²) >= 11 is 5.22. The van der Waals surface area contributed by atoms with E-state index in [2.05, 4.69) is 14.7 Å². The van der Waals surface area contributed by atoms with Gasteiger partial charge < -0.3 is 4.74 Å². The summed E-state index contributed by atoms with van der Waals surface area (Å²) in [6.07, 6.45) is 0.361. The quantitative estimate of drug-likeness (QED) is 0.300. The van der Waals surface area contributed by atoms with E-state index < -0.39 is 12.0 Å². The maximum atomic E-state index is 11.0. The predicted molar refractivity (Wildman–Crippen MR) is 50.3 cm³/mol. The second-order valence-corrected chi connectivity index (χ2v) is 2.45. The maximum absolute atomic E-state index is 11.0. The van der Waals surface area contributed by atoms with Crippen molar-refractivity contribution in [1.29, 1.82) is 0 Å². The van der Waals surface area contributed by atoms with Crippen LogP contribution < -0.4 is 0 Å². The number of amides is 2. The standard InChI is InChI=1S/C7H11ClN2O4/c1-10(6(11)5-8)7(12)14-9-3-4-13-2/h3H,4-5H2,1-2H3. The number of halogens is 1. The Balaban J connectivity index is 3.90. The molecule has 0 aromatic carbocycles. The molecule has 0 spiro atoms. The first-order valence-electron chi connectivity index (χ1n) is 3.67. The largest absolute Gasteiger partial charge is 0.442 e. The van der Waals surface area contributed by atoms with Gasteiger partial charge in [0.25, 0.3) is 0 Å². The molecule has 0 aliphatic carbocycles. The fraction of sp³-hybridized carbons (Fsp3) is 0.571. The topological polar surface area (TPSA) is 68.2 Å². The Kier molecular flexibility index (Phi) is 6.69. The van der Waals surface area contributed by atoms with Crippen molar-refractivity contribution < 1.29 is 19.2 Å². The van der Waals surface area contributed by atoms with Gasteiger partial charge in [-0.15, -0.1) is 11.6 Å². The van der Waals surface area contributed by atoms with Gasteiger partial charge in [-0.2, -0.15) is 0 Å². The number of oxime groups is 1. The van der Waals surface area contributed by atoms with Gasteiger partial charge in [0.15, 0.2) is 0 Å². The molecule has 0 bridgehead atoms. The van der Waals surface area contributed by atoms with E-state index in [-0.39, 0.29) is 12.5 Å². The minimum Gasteiger partial charge on any atom is -0.379 e. The highest BCUT2D eigenvalue weighted by Crippen LogP contribution is 1.93. The molecular weight excluding hydrogens is 212 g/mol. The van der Waals surface area contributed by atoms with Gasteiger partial charge >= 0.3 is 6.09 Å². The first kappa shape index (κ1) is 12.9. The number of imide groups is 1. The Bertz CT molecular complexity index is 232. The summed E-state index contributed by atoms with van der Waals surface area (Å²) in [6, 6.07) is 0. The van der Waals surface area contributed by atoms with Gasteiger partial charge in [-0.1, -0.05) is 5.16 Å². The van der Waals surface area contributed by atoms with Gasteiger partial charge in [-0.05, 0) is 0 Å². The average Bonchev–Trinajstić information content (AvgIpc) is 2.21. The molecule has 0 aromatic rings. The third-order valence-corrected chi connectivity index (χ3v) is 1.44. The molecule has 2 amide bonds. The first-order chi connectivity index (χ1) is 6.63. The van der Waals surface area contributed by atoms with Crippen LogP contribution in [0.5, 0.6) is 0 Å². The molecule has 0 atom stereocenters. The highest BCUT2D eigenvalue weighted by Gasteiger charge is 2.16. The third-order valence-electron chi connectivity index (χ3n) is 1.21. The molecule has 80 valence electrons. The van der Waals surface area contributed by atoms with Crippen molar-refractivity contribution in [2.24, 2.45) is 5.16 Å². The molecule has 0 fully saturated rings. The zero-order valence-corrected chi connectivity index (χ0v) is 8.65. The van der Waals surface area contributed by atoms with E-state index in [4.69, 9.17) is 11.6 Å². The summed E-state index contributed by atoms with van der Waals surface area (Å²) in [5, 5.41) is 3.26. The summed E-state index contributed by atoms with van der Waals surface area (Å²) in [7, 11) is 2.72. The zero-order valence-electron chi connectivity index (χ0n) is 7.90. The molecule has 0 saturated carbocycles. The normalized spacial score (nSPS) is 10.2. The average molecular weight is 223 g/mol. The second kappa shape index (κ2) is 7.28. The van der Waals surface area contributed by atoms with Crippen molar-refractivity contribution in [2.45, 2.75) is 0 Å². The lowest BCUT2D eigenvalue weighted by Crippen LogP contribution is -2.33. The molecule has 6 nitrogen and oxygen atoms in total. The van der Waals surface area contributed by atoms with Crippen molar-refractivity contribution >= 4 is 29.8 Å². The minimum absolute atomic E-state index is 0.223. The number of rotatable bonds is 4. The van der Waals surface area contributed by atoms with Crippen molar-refractivity contribution in [1.82, 2.24) is 4.90 Å². The molecule has 0 radical (unpaired) electrons. The number of hydrogen-bond donors (Lipinski definition) is 0. The molecule has 0 aromatic heterocycles. The van der Waals surface area contributed by atoms with E-state index in [1.165, 1.54) is 20.4 Å². The molecule has 7 heteroatoms. The van der Waals surface area contributed by atoms with E-state index in [1.54, 1.807) is 0 Å². The van der Waals surface area contributed by atoms with Gasteiger partial charge in [0.1, 0.15) is 5.88 Å². The van der Waals surface area contributed by atoms with Crippen LogP contribution in [-0.2, 0) is 14.4 Å². The van der Waals surface area contributed by atoms with Crippen LogP contribution >= 0.6 is 11.6 Å². The maximum Gasteiger partial charge on any atom is 0.442 e. The van der Waals surface area contributed by atoms with Gasteiger partial charge in [-0.3, -0.25) is 9.63 Å². The van der Waals surface area contributed by atoms with Crippen molar-refractivity contribution in [3.8, 4) is 0 Å². The number of carbonyl (C=O) groups is 2. The summed E-state index contributed by atoms with van der Waals surface area (Å²) in [5.41, 5.74) is 0. The van der Waals surface area contributed by atoms with Crippen LogP contribution in [-0.4, -0.2) is 49.8 Å². The van der Waals surface area contributed by atoms with E-state index in [0.29, 0.717) is 0 Å². The van der Waals surface area contributed by atoms with E-state index >= 15 is 0 Å². The van der Waals surface area contributed by atoms with Gasteiger partial charge in [0, 0.05) is 14.2 Å². The zero-order chi connectivity index (χ0) is 11.0. The molecule has 0 aliphatic heterocycles. The number of carbonyl (C=O) groups excluding carboxylic acids is 2. The molecule has 0 heterocycles.